The summed E-state index contributed by atoms with van der Waals surface area (Å²) in [5, 5.41) is 12.3. The van der Waals surface area contributed by atoms with Crippen molar-refractivity contribution in [2.24, 2.45) is 11.8 Å². The van der Waals surface area contributed by atoms with Crippen LogP contribution in [0, 0.1) is 11.8 Å². The molecule has 3 unspecified atom stereocenters. The van der Waals surface area contributed by atoms with Crippen LogP contribution in [-0.2, 0) is 23.9 Å². The van der Waals surface area contributed by atoms with Gasteiger partial charge >= 0.3 is 5.97 Å². The number of fused-ring (bicyclic) bond motifs is 1. The van der Waals surface area contributed by atoms with E-state index in [0.717, 1.165) is 51.4 Å². The van der Waals surface area contributed by atoms with Gasteiger partial charge in [0.15, 0.2) is 0 Å². The molecule has 1 aliphatic carbocycles. The zero-order valence-electron chi connectivity index (χ0n) is 19.5. The molecule has 1 saturated carbocycles. The highest BCUT2D eigenvalue weighted by molar-refractivity contribution is 9.09. The Balaban J connectivity index is 1.59. The summed E-state index contributed by atoms with van der Waals surface area (Å²) in [7, 11) is 0. The molecular formula is C24H37BrN2O6. The zero-order chi connectivity index (χ0) is 23.6. The maximum atomic E-state index is 13.7. The van der Waals surface area contributed by atoms with Crippen LogP contribution in [-0.4, -0.2) is 76.2 Å². The van der Waals surface area contributed by atoms with E-state index in [1.54, 1.807) is 11.8 Å². The number of alkyl halides is 1. The van der Waals surface area contributed by atoms with Gasteiger partial charge in [-0.25, -0.2) is 0 Å². The van der Waals surface area contributed by atoms with Gasteiger partial charge in [0.1, 0.15) is 11.6 Å². The van der Waals surface area contributed by atoms with E-state index in [2.05, 4.69) is 21.2 Å². The fourth-order valence-corrected chi connectivity index (χ4v) is 7.40. The number of unbranched alkanes of at least 4 members (excludes halogenated alkanes) is 3. The number of amides is 2. The second-order valence-corrected chi connectivity index (χ2v) is 11.1. The lowest BCUT2D eigenvalue weighted by Crippen LogP contribution is -2.57. The molecule has 1 spiro atoms. The molecule has 3 aliphatic heterocycles. The number of esters is 1. The molecule has 4 rings (SSSR count). The van der Waals surface area contributed by atoms with Crippen molar-refractivity contribution in [3.05, 3.63) is 0 Å². The number of nitrogens with zero attached hydrogens (tertiary/aromatic N) is 1. The molecular weight excluding hydrogens is 492 g/mol. The number of hydrogen-bond donors (Lipinski definition) is 2. The maximum Gasteiger partial charge on any atom is 0.312 e. The van der Waals surface area contributed by atoms with Gasteiger partial charge in [0.25, 0.3) is 0 Å². The Morgan fingerprint density at radius 1 is 1.21 bits per heavy atom. The number of hydrogen-bond acceptors (Lipinski definition) is 6. The number of carbonyl (C=O) groups is 3. The van der Waals surface area contributed by atoms with E-state index in [9.17, 15) is 14.4 Å². The fraction of sp³-hybridized carbons (Fsp3) is 0.875. The van der Waals surface area contributed by atoms with E-state index >= 15 is 0 Å². The number of nitrogens with one attached hydrogen (secondary N) is 1. The van der Waals surface area contributed by atoms with Crippen LogP contribution >= 0.6 is 15.9 Å². The van der Waals surface area contributed by atoms with Crippen LogP contribution in [0.25, 0.3) is 0 Å². The second-order valence-electron chi connectivity index (χ2n) is 9.93. The lowest BCUT2D eigenvalue weighted by atomic mass is 9.70. The summed E-state index contributed by atoms with van der Waals surface area (Å²) in [6.07, 6.45) is 8.58. The molecule has 186 valence electrons. The lowest BCUT2D eigenvalue weighted by Gasteiger charge is -2.35. The average molecular weight is 529 g/mol. The van der Waals surface area contributed by atoms with Crippen LogP contribution in [0.4, 0.5) is 0 Å². The first-order chi connectivity index (χ1) is 15.9. The number of aliphatic hydroxyl groups excluding tert-OH is 1. The number of rotatable bonds is 10. The Kier molecular flexibility index (Phi) is 8.01. The molecule has 8 nitrogen and oxygen atoms in total. The first kappa shape index (κ1) is 24.9. The molecule has 4 fully saturated rings. The van der Waals surface area contributed by atoms with Gasteiger partial charge in [-0.2, -0.15) is 0 Å². The van der Waals surface area contributed by atoms with Crippen molar-refractivity contribution < 1.29 is 29.0 Å². The first-order valence-electron chi connectivity index (χ1n) is 12.6. The Hall–Kier alpha value is -1.19. The van der Waals surface area contributed by atoms with Crippen molar-refractivity contribution in [3.63, 3.8) is 0 Å². The topological polar surface area (TPSA) is 105 Å². The Morgan fingerprint density at radius 3 is 2.64 bits per heavy atom. The molecule has 2 amide bonds. The van der Waals surface area contributed by atoms with Crippen molar-refractivity contribution in [1.82, 2.24) is 10.2 Å². The molecule has 3 heterocycles. The molecule has 0 radical (unpaired) electrons. The molecule has 33 heavy (non-hydrogen) atoms. The van der Waals surface area contributed by atoms with Crippen molar-refractivity contribution in [2.75, 3.05) is 19.8 Å². The second kappa shape index (κ2) is 10.6. The SMILES string of the molecule is CCOC(=O)[C@H]1[C@H]2C(=O)N(CCCCCCO)C(C(=O)NC3CCCCC3)C23CC(Br)[C@@H]1O3. The minimum absolute atomic E-state index is 0.106. The van der Waals surface area contributed by atoms with E-state index in [4.69, 9.17) is 14.6 Å². The maximum absolute atomic E-state index is 13.7. The van der Waals surface area contributed by atoms with Gasteiger partial charge in [0.05, 0.1) is 24.5 Å². The minimum atomic E-state index is -1.00. The number of halogens is 1. The summed E-state index contributed by atoms with van der Waals surface area (Å²) in [5.74, 6) is -2.11. The van der Waals surface area contributed by atoms with E-state index in [1.165, 1.54) is 6.42 Å². The number of ether oxygens (including phenoxy) is 2. The van der Waals surface area contributed by atoms with E-state index in [-0.39, 0.29) is 35.9 Å². The number of aliphatic hydroxyl groups is 1. The predicted octanol–water partition coefficient (Wildman–Crippen LogP) is 2.30. The summed E-state index contributed by atoms with van der Waals surface area (Å²) in [4.78, 5) is 41.9. The van der Waals surface area contributed by atoms with Gasteiger partial charge in [-0.15, -0.1) is 0 Å². The summed E-state index contributed by atoms with van der Waals surface area (Å²) in [6.45, 7) is 2.59. The van der Waals surface area contributed by atoms with Crippen LogP contribution in [0.3, 0.4) is 0 Å². The van der Waals surface area contributed by atoms with Crippen molar-refractivity contribution in [1.29, 1.82) is 0 Å². The van der Waals surface area contributed by atoms with Crippen LogP contribution in [0.5, 0.6) is 0 Å². The van der Waals surface area contributed by atoms with Crippen molar-refractivity contribution >= 4 is 33.7 Å². The largest absolute Gasteiger partial charge is 0.466 e. The van der Waals surface area contributed by atoms with E-state index < -0.39 is 35.6 Å². The third-order valence-electron chi connectivity index (χ3n) is 7.85. The van der Waals surface area contributed by atoms with Gasteiger partial charge < -0.3 is 24.8 Å². The summed E-state index contributed by atoms with van der Waals surface area (Å²) in [6, 6.07) is -0.610. The quantitative estimate of drug-likeness (QED) is 0.256. The third kappa shape index (κ3) is 4.57. The molecule has 0 aromatic rings. The fourth-order valence-electron chi connectivity index (χ4n) is 6.45. The lowest BCUT2D eigenvalue weighted by molar-refractivity contribution is -0.154. The summed E-state index contributed by atoms with van der Waals surface area (Å²) < 4.78 is 11.8. The molecule has 2 N–H and O–H groups in total. The monoisotopic (exact) mass is 528 g/mol. The average Bonchev–Trinajstić information content (AvgIpc) is 3.38. The molecule has 6 atom stereocenters. The van der Waals surface area contributed by atoms with E-state index in [1.807, 2.05) is 0 Å². The molecule has 4 aliphatic rings. The Bertz CT molecular complexity index is 744. The Labute approximate surface area is 204 Å². The highest BCUT2D eigenvalue weighted by atomic mass is 79.9. The third-order valence-corrected chi connectivity index (χ3v) is 8.70. The van der Waals surface area contributed by atoms with Gasteiger partial charge in [0, 0.05) is 24.0 Å². The molecule has 3 saturated heterocycles. The van der Waals surface area contributed by atoms with Crippen LogP contribution in [0.15, 0.2) is 0 Å². The van der Waals surface area contributed by atoms with Crippen molar-refractivity contribution in [2.45, 2.75) is 99.7 Å². The smallest absolute Gasteiger partial charge is 0.312 e. The van der Waals surface area contributed by atoms with E-state index in [0.29, 0.717) is 13.0 Å². The minimum Gasteiger partial charge on any atom is -0.466 e. The summed E-state index contributed by atoms with van der Waals surface area (Å²) in [5.41, 5.74) is -1.00. The highest BCUT2D eigenvalue weighted by Crippen LogP contribution is 2.60. The highest BCUT2D eigenvalue weighted by Gasteiger charge is 2.76. The molecule has 0 aromatic carbocycles. The molecule has 2 bridgehead atoms. The van der Waals surface area contributed by atoms with Gasteiger partial charge in [-0.05, 0) is 39.0 Å². The normalized spacial score (nSPS) is 35.7. The Morgan fingerprint density at radius 2 is 1.94 bits per heavy atom. The van der Waals surface area contributed by atoms with Gasteiger partial charge in [0.2, 0.25) is 11.8 Å². The van der Waals surface area contributed by atoms with Crippen molar-refractivity contribution in [3.8, 4) is 0 Å². The van der Waals surface area contributed by atoms with Crippen LogP contribution < -0.4 is 5.32 Å². The standard InChI is InChI=1S/C24H37BrN2O6/c1-2-32-23(31)17-18-22(30)27(12-8-3-4-9-13-28)20(24(18)14-16(25)19(17)33-24)21(29)26-15-10-6-5-7-11-15/h15-20,28H,2-14H2,1H3,(H,26,29)/t16?,17-,18-,19-,20?,24?/m0/s1. The first-order valence-corrected chi connectivity index (χ1v) is 13.6. The van der Waals surface area contributed by atoms with Crippen LogP contribution in [0.2, 0.25) is 0 Å². The predicted molar refractivity (Wildman–Crippen MR) is 125 cm³/mol. The van der Waals surface area contributed by atoms with Gasteiger partial charge in [-0.1, -0.05) is 48.0 Å². The number of likely N-dealkylation sites (tertiary alicyclic amines) is 1. The zero-order valence-corrected chi connectivity index (χ0v) is 21.1. The molecule has 9 heteroatoms. The number of carbonyl (C=O) groups excluding carboxylic acids is 3. The summed E-state index contributed by atoms with van der Waals surface area (Å²) >= 11 is 3.66. The van der Waals surface area contributed by atoms with Crippen LogP contribution in [0.1, 0.15) is 71.1 Å². The molecule has 0 aromatic heterocycles. The van der Waals surface area contributed by atoms with Gasteiger partial charge in [-0.3, -0.25) is 14.4 Å².